The van der Waals surface area contributed by atoms with Gasteiger partial charge >= 0.3 is 0 Å². The van der Waals surface area contributed by atoms with Crippen molar-refractivity contribution < 1.29 is 22.4 Å². The Bertz CT molecular complexity index is 854. The molecule has 136 valence electrons. The molecule has 0 bridgehead atoms. The standard InChI is InChI=1S/C17H22N2O5S/c1-17(2,16(18)20)25(21,22)10-11-7-8-23-9-12(11)15-19-13-5-3-4-6-14(13)24-15/h3-6,11-12H,7-10H2,1-2H3,(H2,18,20). The van der Waals surface area contributed by atoms with E-state index in [1.807, 2.05) is 24.3 Å². The van der Waals surface area contributed by atoms with E-state index < -0.39 is 20.5 Å². The molecule has 25 heavy (non-hydrogen) atoms. The Morgan fingerprint density at radius 1 is 1.36 bits per heavy atom. The van der Waals surface area contributed by atoms with Crippen LogP contribution in [0.4, 0.5) is 0 Å². The number of benzene rings is 1. The van der Waals surface area contributed by atoms with Gasteiger partial charge in [0.2, 0.25) is 11.8 Å². The third-order valence-corrected chi connectivity index (χ3v) is 7.55. The van der Waals surface area contributed by atoms with Crippen LogP contribution in [0.25, 0.3) is 11.1 Å². The molecule has 2 atom stereocenters. The molecule has 1 aromatic heterocycles. The van der Waals surface area contributed by atoms with Crippen molar-refractivity contribution in [2.75, 3.05) is 19.0 Å². The lowest BCUT2D eigenvalue weighted by Crippen LogP contribution is -2.48. The van der Waals surface area contributed by atoms with Gasteiger partial charge in [-0.15, -0.1) is 0 Å². The summed E-state index contributed by atoms with van der Waals surface area (Å²) in [6, 6.07) is 7.38. The van der Waals surface area contributed by atoms with E-state index in [1.165, 1.54) is 13.8 Å². The molecule has 8 heteroatoms. The summed E-state index contributed by atoms with van der Waals surface area (Å²) in [5.74, 6) is -1.06. The molecule has 2 unspecified atom stereocenters. The van der Waals surface area contributed by atoms with Crippen LogP contribution in [0.15, 0.2) is 28.7 Å². The van der Waals surface area contributed by atoms with Crippen molar-refractivity contribution >= 4 is 26.8 Å². The fraction of sp³-hybridized carbons (Fsp3) is 0.529. The molecule has 3 rings (SSSR count). The summed E-state index contributed by atoms with van der Waals surface area (Å²) in [7, 11) is -3.73. The minimum Gasteiger partial charge on any atom is -0.440 e. The first kappa shape index (κ1) is 17.9. The Labute approximate surface area is 146 Å². The first-order chi connectivity index (χ1) is 11.7. The van der Waals surface area contributed by atoms with E-state index >= 15 is 0 Å². The molecule has 7 nitrogen and oxygen atoms in total. The monoisotopic (exact) mass is 366 g/mol. The number of carbonyl (C=O) groups is 1. The van der Waals surface area contributed by atoms with Crippen molar-refractivity contribution in [3.05, 3.63) is 30.2 Å². The number of oxazole rings is 1. The van der Waals surface area contributed by atoms with Crippen molar-refractivity contribution in [1.29, 1.82) is 0 Å². The molecule has 1 aliphatic heterocycles. The van der Waals surface area contributed by atoms with Gasteiger partial charge in [0.25, 0.3) is 0 Å². The van der Waals surface area contributed by atoms with Gasteiger partial charge in [0.15, 0.2) is 15.4 Å². The molecule has 1 fully saturated rings. The second kappa shape index (κ2) is 6.42. The van der Waals surface area contributed by atoms with Crippen LogP contribution < -0.4 is 5.73 Å². The Morgan fingerprint density at radius 2 is 2.08 bits per heavy atom. The van der Waals surface area contributed by atoms with Crippen LogP contribution in [-0.4, -0.2) is 43.0 Å². The molecule has 0 aliphatic carbocycles. The highest BCUT2D eigenvalue weighted by Crippen LogP contribution is 2.35. The predicted octanol–water partition coefficient (Wildman–Crippen LogP) is 1.63. The number of nitrogens with zero attached hydrogens (tertiary/aromatic N) is 1. The Morgan fingerprint density at radius 3 is 2.76 bits per heavy atom. The number of carbonyl (C=O) groups excluding carboxylic acids is 1. The molecular formula is C17H22N2O5S. The molecule has 2 heterocycles. The Hall–Kier alpha value is -1.93. The average Bonchev–Trinajstić information content (AvgIpc) is 2.98. The highest BCUT2D eigenvalue weighted by Gasteiger charge is 2.44. The SMILES string of the molecule is CC(C)(C(N)=O)S(=O)(=O)CC1CCOCC1c1nc2ccccc2o1. The zero-order valence-electron chi connectivity index (χ0n) is 14.3. The number of para-hydroxylation sites is 2. The molecule has 0 saturated carbocycles. The molecule has 0 radical (unpaired) electrons. The van der Waals surface area contributed by atoms with E-state index in [0.717, 1.165) is 5.52 Å². The number of fused-ring (bicyclic) bond motifs is 1. The van der Waals surface area contributed by atoms with E-state index in [-0.39, 0.29) is 17.6 Å². The largest absolute Gasteiger partial charge is 0.440 e. The maximum atomic E-state index is 12.7. The number of primary amides is 1. The maximum Gasteiger partial charge on any atom is 0.238 e. The zero-order chi connectivity index (χ0) is 18.2. The van der Waals surface area contributed by atoms with E-state index in [2.05, 4.69) is 4.98 Å². The van der Waals surface area contributed by atoms with Crippen LogP contribution in [0.5, 0.6) is 0 Å². The number of nitrogens with two attached hydrogens (primary N) is 1. The normalized spacial score (nSPS) is 22.2. The highest BCUT2D eigenvalue weighted by molar-refractivity contribution is 7.93. The topological polar surface area (TPSA) is 112 Å². The molecule has 2 N–H and O–H groups in total. The number of hydrogen-bond acceptors (Lipinski definition) is 6. The van der Waals surface area contributed by atoms with Crippen LogP contribution in [0.1, 0.15) is 32.1 Å². The summed E-state index contributed by atoms with van der Waals surface area (Å²) in [4.78, 5) is 16.0. The first-order valence-corrected chi connectivity index (χ1v) is 9.83. The third kappa shape index (κ3) is 3.28. The lowest BCUT2D eigenvalue weighted by atomic mass is 9.90. The molecule has 1 amide bonds. The second-order valence-corrected chi connectivity index (χ2v) is 9.49. The second-order valence-electron chi connectivity index (χ2n) is 6.91. The smallest absolute Gasteiger partial charge is 0.238 e. The fourth-order valence-corrected chi connectivity index (χ4v) is 4.63. The van der Waals surface area contributed by atoms with Crippen LogP contribution in [-0.2, 0) is 19.4 Å². The lowest BCUT2D eigenvalue weighted by Gasteiger charge is -2.31. The number of aromatic nitrogens is 1. The molecule has 0 spiro atoms. The van der Waals surface area contributed by atoms with Gasteiger partial charge in [0.05, 0.1) is 18.3 Å². The van der Waals surface area contributed by atoms with Gasteiger partial charge in [-0.1, -0.05) is 12.1 Å². The number of rotatable bonds is 5. The summed E-state index contributed by atoms with van der Waals surface area (Å²) in [6.07, 6.45) is 0.553. The number of hydrogen-bond donors (Lipinski definition) is 1. The quantitative estimate of drug-likeness (QED) is 0.860. The van der Waals surface area contributed by atoms with E-state index in [4.69, 9.17) is 14.9 Å². The van der Waals surface area contributed by atoms with Gasteiger partial charge in [-0.2, -0.15) is 0 Å². The average molecular weight is 366 g/mol. The molecule has 1 aliphatic rings. The van der Waals surface area contributed by atoms with E-state index in [9.17, 15) is 13.2 Å². The molecule has 2 aromatic rings. The highest BCUT2D eigenvalue weighted by atomic mass is 32.2. The Balaban J connectivity index is 1.90. The summed E-state index contributed by atoms with van der Waals surface area (Å²) in [5, 5.41) is 0. The van der Waals surface area contributed by atoms with E-state index in [1.54, 1.807) is 0 Å². The van der Waals surface area contributed by atoms with Gasteiger partial charge < -0.3 is 14.9 Å². The summed E-state index contributed by atoms with van der Waals surface area (Å²) >= 11 is 0. The van der Waals surface area contributed by atoms with Crippen LogP contribution in [0.2, 0.25) is 0 Å². The van der Waals surface area contributed by atoms with Crippen LogP contribution >= 0.6 is 0 Å². The molecule has 1 saturated heterocycles. The van der Waals surface area contributed by atoms with Gasteiger partial charge in [0.1, 0.15) is 10.3 Å². The van der Waals surface area contributed by atoms with Crippen molar-refractivity contribution in [3.8, 4) is 0 Å². The van der Waals surface area contributed by atoms with Crippen LogP contribution in [0, 0.1) is 5.92 Å². The minimum absolute atomic E-state index is 0.157. The number of sulfone groups is 1. The van der Waals surface area contributed by atoms with Crippen LogP contribution in [0.3, 0.4) is 0 Å². The number of amides is 1. The van der Waals surface area contributed by atoms with Crippen molar-refractivity contribution in [1.82, 2.24) is 4.98 Å². The third-order valence-electron chi connectivity index (χ3n) is 4.93. The molecular weight excluding hydrogens is 344 g/mol. The van der Waals surface area contributed by atoms with Crippen molar-refractivity contribution in [2.45, 2.75) is 30.9 Å². The van der Waals surface area contributed by atoms with E-state index in [0.29, 0.717) is 31.1 Å². The fourth-order valence-electron chi connectivity index (χ4n) is 2.95. The lowest BCUT2D eigenvalue weighted by molar-refractivity contribution is -0.119. The van der Waals surface area contributed by atoms with Crippen molar-refractivity contribution in [2.24, 2.45) is 11.7 Å². The summed E-state index contributed by atoms with van der Waals surface area (Å²) < 4.78 is 35.2. The van der Waals surface area contributed by atoms with Gasteiger partial charge in [-0.05, 0) is 38.3 Å². The van der Waals surface area contributed by atoms with Gasteiger partial charge in [0, 0.05) is 6.61 Å². The van der Waals surface area contributed by atoms with Crippen molar-refractivity contribution in [3.63, 3.8) is 0 Å². The maximum absolute atomic E-state index is 12.7. The summed E-state index contributed by atoms with van der Waals surface area (Å²) in [6.45, 7) is 3.49. The zero-order valence-corrected chi connectivity index (χ0v) is 15.1. The number of ether oxygens (including phenoxy) is 1. The first-order valence-electron chi connectivity index (χ1n) is 8.18. The minimum atomic E-state index is -3.73. The molecule has 1 aromatic carbocycles. The Kier molecular flexibility index (Phi) is 4.59. The van der Waals surface area contributed by atoms with Gasteiger partial charge in [-0.25, -0.2) is 13.4 Å². The summed E-state index contributed by atoms with van der Waals surface area (Å²) in [5.41, 5.74) is 6.66. The van der Waals surface area contributed by atoms with Gasteiger partial charge in [-0.3, -0.25) is 4.79 Å². The predicted molar refractivity (Wildman–Crippen MR) is 92.7 cm³/mol.